The first-order chi connectivity index (χ1) is 25.8. The summed E-state index contributed by atoms with van der Waals surface area (Å²) in [4.78, 5) is 58.3. The molecule has 1 aliphatic heterocycles. The normalized spacial score (nSPS) is 12.9. The van der Waals surface area contributed by atoms with Crippen LogP contribution in [0.2, 0.25) is 0 Å². The first-order valence-corrected chi connectivity index (χ1v) is 17.7. The van der Waals surface area contributed by atoms with Crippen LogP contribution < -0.4 is 16.2 Å². The zero-order chi connectivity index (χ0) is 37.2. The highest BCUT2D eigenvalue weighted by atomic mass is 19.1. The fourth-order valence-electron chi connectivity index (χ4n) is 6.23. The number of amides is 3. The van der Waals surface area contributed by atoms with E-state index in [-0.39, 0.29) is 42.6 Å². The molecule has 3 heterocycles. The van der Waals surface area contributed by atoms with E-state index in [9.17, 15) is 23.6 Å². The van der Waals surface area contributed by atoms with Gasteiger partial charge in [-0.2, -0.15) is 5.10 Å². The summed E-state index contributed by atoms with van der Waals surface area (Å²) in [6, 6.07) is 23.4. The Hall–Kier alpha value is -5.79. The highest BCUT2D eigenvalue weighted by molar-refractivity contribution is 5.95. The van der Waals surface area contributed by atoms with Gasteiger partial charge in [0.05, 0.1) is 36.4 Å². The van der Waals surface area contributed by atoms with E-state index in [1.54, 1.807) is 40.3 Å². The van der Waals surface area contributed by atoms with E-state index >= 15 is 0 Å². The van der Waals surface area contributed by atoms with Crippen LogP contribution >= 0.6 is 0 Å². The summed E-state index contributed by atoms with van der Waals surface area (Å²) >= 11 is 0. The minimum absolute atomic E-state index is 0.0446. The average Bonchev–Trinajstić information content (AvgIpc) is 3.20. The Balaban J connectivity index is 0.871. The van der Waals surface area contributed by atoms with E-state index in [1.165, 1.54) is 17.7 Å². The predicted octanol–water partition coefficient (Wildman–Crippen LogP) is 3.60. The zero-order valence-corrected chi connectivity index (χ0v) is 29.6. The molecule has 3 amide bonds. The van der Waals surface area contributed by atoms with Gasteiger partial charge in [-0.15, -0.1) is 0 Å². The molecule has 274 valence electrons. The van der Waals surface area contributed by atoms with Gasteiger partial charge in [0.15, 0.2) is 0 Å². The molecule has 0 aliphatic carbocycles. The largest absolute Gasteiger partial charge is 0.378 e. The molecule has 0 spiro atoms. The van der Waals surface area contributed by atoms with Crippen LogP contribution in [0.1, 0.15) is 44.6 Å². The van der Waals surface area contributed by atoms with Gasteiger partial charge >= 0.3 is 0 Å². The lowest BCUT2D eigenvalue weighted by Gasteiger charge is -2.35. The van der Waals surface area contributed by atoms with E-state index < -0.39 is 11.7 Å². The molecule has 5 aromatic rings. The third kappa shape index (κ3) is 9.36. The second kappa shape index (κ2) is 17.6. The molecular formula is C40H42FN7O5. The second-order valence-electron chi connectivity index (χ2n) is 12.7. The Morgan fingerprint density at radius 1 is 0.849 bits per heavy atom. The fourth-order valence-corrected chi connectivity index (χ4v) is 6.23. The SMILES string of the molecule is CCc1cccc(-c2ccc(C(=O)NCCOCCNCC(=O)N3CCN(C(=O)c4cc(Cc5n[nH]c(=O)c6ccccc56)ccc4F)CC3)nc2)c1. The molecule has 0 radical (unpaired) electrons. The van der Waals surface area contributed by atoms with Crippen LogP contribution in [0, 0.1) is 5.82 Å². The minimum atomic E-state index is -0.624. The summed E-state index contributed by atoms with van der Waals surface area (Å²) in [7, 11) is 0. The van der Waals surface area contributed by atoms with Gasteiger partial charge in [-0.3, -0.25) is 24.2 Å². The topological polar surface area (TPSA) is 150 Å². The number of rotatable bonds is 14. The van der Waals surface area contributed by atoms with E-state index in [0.29, 0.717) is 73.5 Å². The number of H-pyrrole nitrogens is 1. The number of carbonyl (C=O) groups excluding carboxylic acids is 3. The standard InChI is InChI=1S/C40H42FN7O5/c1-2-27-6-5-7-29(22-27)30-11-13-35(44-25-30)39(51)43-15-21-53-20-14-42-26-37(49)47-16-18-48(19-17-47)40(52)33-23-28(10-12-34(33)41)24-36-31-8-3-4-9-32(31)38(50)46-45-36/h3-13,22-23,25,42H,2,14-21,24,26H2,1H3,(H,43,51)(H,46,50). The van der Waals surface area contributed by atoms with Gasteiger partial charge in [0, 0.05) is 62.8 Å². The van der Waals surface area contributed by atoms with Crippen LogP contribution in [-0.4, -0.2) is 102 Å². The number of aromatic nitrogens is 3. The highest BCUT2D eigenvalue weighted by Crippen LogP contribution is 2.21. The van der Waals surface area contributed by atoms with E-state index in [1.807, 2.05) is 30.3 Å². The number of ether oxygens (including phenoxy) is 1. The van der Waals surface area contributed by atoms with Gasteiger partial charge in [0.1, 0.15) is 11.5 Å². The van der Waals surface area contributed by atoms with Gasteiger partial charge in [-0.1, -0.05) is 61.5 Å². The lowest BCUT2D eigenvalue weighted by atomic mass is 10.0. The molecule has 3 aromatic carbocycles. The third-order valence-electron chi connectivity index (χ3n) is 9.22. The number of piperazine rings is 1. The van der Waals surface area contributed by atoms with Gasteiger partial charge in [-0.05, 0) is 47.4 Å². The smallest absolute Gasteiger partial charge is 0.272 e. The molecule has 3 N–H and O–H groups in total. The number of carbonyl (C=O) groups is 3. The van der Waals surface area contributed by atoms with Crippen LogP contribution in [0.3, 0.4) is 0 Å². The van der Waals surface area contributed by atoms with Gasteiger partial charge in [0.2, 0.25) is 5.91 Å². The number of aromatic amines is 1. The fraction of sp³-hybridized carbons (Fsp3) is 0.300. The Bertz CT molecular complexity index is 2130. The number of pyridine rings is 1. The molecule has 12 nitrogen and oxygen atoms in total. The van der Waals surface area contributed by atoms with Crippen molar-refractivity contribution in [2.75, 3.05) is 59.0 Å². The molecule has 53 heavy (non-hydrogen) atoms. The Morgan fingerprint density at radius 3 is 2.40 bits per heavy atom. The van der Waals surface area contributed by atoms with Crippen molar-refractivity contribution in [1.82, 2.24) is 35.6 Å². The van der Waals surface area contributed by atoms with E-state index in [4.69, 9.17) is 4.74 Å². The molecule has 0 bridgehead atoms. The minimum Gasteiger partial charge on any atom is -0.378 e. The van der Waals surface area contributed by atoms with E-state index in [2.05, 4.69) is 44.9 Å². The summed E-state index contributed by atoms with van der Waals surface area (Å²) < 4.78 is 20.5. The molecule has 13 heteroatoms. The van der Waals surface area contributed by atoms with Crippen LogP contribution in [0.15, 0.2) is 89.9 Å². The first-order valence-electron chi connectivity index (χ1n) is 17.7. The molecule has 0 unspecified atom stereocenters. The number of hydrogen-bond acceptors (Lipinski definition) is 8. The molecule has 0 saturated carbocycles. The van der Waals surface area contributed by atoms with E-state index in [0.717, 1.165) is 17.5 Å². The highest BCUT2D eigenvalue weighted by Gasteiger charge is 2.26. The van der Waals surface area contributed by atoms with Crippen molar-refractivity contribution in [3.8, 4) is 11.1 Å². The summed E-state index contributed by atoms with van der Waals surface area (Å²) in [5.41, 5.74) is 4.55. The molecule has 6 rings (SSSR count). The van der Waals surface area contributed by atoms with Crippen LogP contribution in [0.25, 0.3) is 21.9 Å². The summed E-state index contributed by atoms with van der Waals surface area (Å²) in [6.07, 6.45) is 2.95. The molecule has 1 aliphatic rings. The van der Waals surface area contributed by atoms with Crippen LogP contribution in [0.4, 0.5) is 4.39 Å². The van der Waals surface area contributed by atoms with Crippen molar-refractivity contribution >= 4 is 28.5 Å². The molecule has 2 aromatic heterocycles. The number of halogens is 1. The van der Waals surface area contributed by atoms with Crippen LogP contribution in [-0.2, 0) is 22.4 Å². The van der Waals surface area contributed by atoms with Gasteiger partial charge < -0.3 is 25.2 Å². The Labute approximate surface area is 306 Å². The lowest BCUT2D eigenvalue weighted by Crippen LogP contribution is -2.52. The predicted molar refractivity (Wildman–Crippen MR) is 199 cm³/mol. The zero-order valence-electron chi connectivity index (χ0n) is 29.6. The molecule has 1 fully saturated rings. The average molecular weight is 720 g/mol. The maximum Gasteiger partial charge on any atom is 0.272 e. The number of nitrogens with one attached hydrogen (secondary N) is 3. The summed E-state index contributed by atoms with van der Waals surface area (Å²) in [5.74, 6) is -1.44. The maximum absolute atomic E-state index is 14.9. The van der Waals surface area contributed by atoms with Crippen molar-refractivity contribution < 1.29 is 23.5 Å². The maximum atomic E-state index is 14.9. The number of fused-ring (bicyclic) bond motifs is 1. The Morgan fingerprint density at radius 2 is 1.62 bits per heavy atom. The number of benzene rings is 3. The first kappa shape index (κ1) is 37.0. The number of nitrogens with zero attached hydrogens (tertiary/aromatic N) is 4. The van der Waals surface area contributed by atoms with Gasteiger partial charge in [-0.25, -0.2) is 9.49 Å². The Kier molecular flexibility index (Phi) is 12.3. The third-order valence-corrected chi connectivity index (χ3v) is 9.22. The van der Waals surface area contributed by atoms with Crippen molar-refractivity contribution in [3.63, 3.8) is 0 Å². The van der Waals surface area contributed by atoms with Crippen LogP contribution in [0.5, 0.6) is 0 Å². The quantitative estimate of drug-likeness (QED) is 0.148. The molecule has 1 saturated heterocycles. The van der Waals surface area contributed by atoms with Crippen molar-refractivity contribution in [1.29, 1.82) is 0 Å². The molecular weight excluding hydrogens is 677 g/mol. The summed E-state index contributed by atoms with van der Waals surface area (Å²) in [6.45, 7) is 4.88. The van der Waals surface area contributed by atoms with Gasteiger partial charge in [0.25, 0.3) is 17.4 Å². The summed E-state index contributed by atoms with van der Waals surface area (Å²) in [5, 5.41) is 13.8. The monoisotopic (exact) mass is 719 g/mol. The van der Waals surface area contributed by atoms with Crippen molar-refractivity contribution in [2.45, 2.75) is 19.8 Å². The number of aryl methyl sites for hydroxylation is 1. The second-order valence-corrected chi connectivity index (χ2v) is 12.7. The van der Waals surface area contributed by atoms with Crippen molar-refractivity contribution in [3.05, 3.63) is 129 Å². The van der Waals surface area contributed by atoms with Crippen molar-refractivity contribution in [2.24, 2.45) is 0 Å². The number of hydrogen-bond donors (Lipinski definition) is 3. The lowest BCUT2D eigenvalue weighted by molar-refractivity contribution is -0.131. The molecule has 0 atom stereocenters.